The van der Waals surface area contributed by atoms with E-state index in [9.17, 15) is 0 Å². The van der Waals surface area contributed by atoms with Crippen LogP contribution in [-0.4, -0.2) is 20.5 Å². The second-order valence-electron chi connectivity index (χ2n) is 4.83. The molecule has 0 fully saturated rings. The summed E-state index contributed by atoms with van der Waals surface area (Å²) in [5, 5.41) is 8.35. The topological polar surface area (TPSA) is 52.3 Å². The Bertz CT molecular complexity index is 617. The van der Waals surface area contributed by atoms with Crippen molar-refractivity contribution in [3.63, 3.8) is 0 Å². The zero-order valence-corrected chi connectivity index (χ0v) is 11.1. The largest absolute Gasteiger partial charge is 0.387 e. The highest BCUT2D eigenvalue weighted by Gasteiger charge is 2.22. The molecule has 0 radical (unpaired) electrons. The van der Waals surface area contributed by atoms with Crippen LogP contribution < -0.4 is 0 Å². The third kappa shape index (κ3) is 2.50. The fraction of sp³-hybridized carbons (Fsp3) is 0.357. The number of oxime groups is 1. The second-order valence-corrected chi connectivity index (χ2v) is 4.83. The van der Waals surface area contributed by atoms with Crippen molar-refractivity contribution >= 4 is 5.71 Å². The first-order valence-electron chi connectivity index (χ1n) is 6.34. The van der Waals surface area contributed by atoms with Gasteiger partial charge in [0.15, 0.2) is 11.9 Å². The van der Waals surface area contributed by atoms with E-state index in [0.717, 1.165) is 24.4 Å². The highest BCUT2D eigenvalue weighted by atomic mass is 16.6. The summed E-state index contributed by atoms with van der Waals surface area (Å²) in [5.74, 6) is 0.825. The van der Waals surface area contributed by atoms with E-state index < -0.39 is 0 Å². The lowest BCUT2D eigenvalue weighted by Gasteiger charge is -2.13. The monoisotopic (exact) mass is 256 g/mol. The zero-order valence-electron chi connectivity index (χ0n) is 11.1. The van der Waals surface area contributed by atoms with Gasteiger partial charge in [0.25, 0.3) is 0 Å². The van der Waals surface area contributed by atoms with Gasteiger partial charge >= 0.3 is 0 Å². The van der Waals surface area contributed by atoms with Gasteiger partial charge in [0.1, 0.15) is 6.33 Å². The molecule has 0 N–H and O–H groups in total. The Labute approximate surface area is 111 Å². The average Bonchev–Trinajstić information content (AvgIpc) is 2.99. The highest BCUT2D eigenvalue weighted by molar-refractivity contribution is 5.83. The molecule has 19 heavy (non-hydrogen) atoms. The van der Waals surface area contributed by atoms with Crippen LogP contribution in [0.1, 0.15) is 36.4 Å². The number of hydrogen-bond donors (Lipinski definition) is 0. The first-order valence-corrected chi connectivity index (χ1v) is 6.34. The van der Waals surface area contributed by atoms with Crippen LogP contribution in [-0.2, 0) is 18.3 Å². The van der Waals surface area contributed by atoms with Crippen molar-refractivity contribution in [1.82, 2.24) is 14.8 Å². The Kier molecular flexibility index (Phi) is 3.03. The molecule has 0 unspecified atom stereocenters. The number of nitrogens with zero attached hydrogens (tertiary/aromatic N) is 4. The smallest absolute Gasteiger partial charge is 0.158 e. The second kappa shape index (κ2) is 4.84. The van der Waals surface area contributed by atoms with Crippen molar-refractivity contribution in [1.29, 1.82) is 0 Å². The van der Waals surface area contributed by atoms with E-state index in [-0.39, 0.29) is 6.10 Å². The van der Waals surface area contributed by atoms with Crippen LogP contribution in [0.15, 0.2) is 35.7 Å². The molecule has 0 aliphatic carbocycles. The lowest BCUT2D eigenvalue weighted by molar-refractivity contribution is 0.0851. The predicted octanol–water partition coefficient (Wildman–Crippen LogP) is 2.24. The standard InChI is InChI=1S/C14H16N4O/c1-10-7-13(19-17-10)12-6-4-3-5-11(12)8-14-15-9-18(2)16-14/h3-6,9,13H,7-8H2,1-2H3/t13-/m1/s1. The summed E-state index contributed by atoms with van der Waals surface area (Å²) in [6, 6.07) is 8.26. The van der Waals surface area contributed by atoms with E-state index in [0.29, 0.717) is 0 Å². The van der Waals surface area contributed by atoms with E-state index in [1.165, 1.54) is 11.1 Å². The molecule has 0 spiro atoms. The molecule has 5 heteroatoms. The van der Waals surface area contributed by atoms with Gasteiger partial charge < -0.3 is 4.84 Å². The number of benzene rings is 1. The molecule has 0 saturated carbocycles. The zero-order chi connectivity index (χ0) is 13.2. The minimum Gasteiger partial charge on any atom is -0.387 e. The molecule has 1 aliphatic rings. The van der Waals surface area contributed by atoms with E-state index >= 15 is 0 Å². The van der Waals surface area contributed by atoms with Crippen LogP contribution in [0.2, 0.25) is 0 Å². The molecule has 3 rings (SSSR count). The van der Waals surface area contributed by atoms with Gasteiger partial charge in [-0.2, -0.15) is 5.10 Å². The average molecular weight is 256 g/mol. The molecule has 5 nitrogen and oxygen atoms in total. The van der Waals surface area contributed by atoms with Gasteiger partial charge in [0.05, 0.1) is 5.71 Å². The Morgan fingerprint density at radius 2 is 2.21 bits per heavy atom. The van der Waals surface area contributed by atoms with Crippen molar-refractivity contribution < 1.29 is 4.84 Å². The minimum absolute atomic E-state index is 0.0277. The van der Waals surface area contributed by atoms with Crippen molar-refractivity contribution in [3.05, 3.63) is 47.5 Å². The fourth-order valence-electron chi connectivity index (χ4n) is 2.31. The summed E-state index contributed by atoms with van der Waals surface area (Å²) in [6.45, 7) is 1.99. The van der Waals surface area contributed by atoms with E-state index in [1.807, 2.05) is 26.1 Å². The SMILES string of the molecule is CC1=NO[C@@H](c2ccccc2Cc2ncn(C)n2)C1. The normalized spacial score (nSPS) is 18.2. The van der Waals surface area contributed by atoms with Crippen LogP contribution in [0.3, 0.4) is 0 Å². The summed E-state index contributed by atoms with van der Waals surface area (Å²) in [6.07, 6.45) is 3.32. The molecule has 1 aliphatic heterocycles. The Balaban J connectivity index is 1.85. The number of aryl methyl sites for hydroxylation is 1. The van der Waals surface area contributed by atoms with Gasteiger partial charge in [-0.15, -0.1) is 0 Å². The summed E-state index contributed by atoms with van der Waals surface area (Å²) in [7, 11) is 1.87. The molecule has 2 heterocycles. The molecular formula is C14H16N4O. The molecular weight excluding hydrogens is 240 g/mol. The maximum atomic E-state index is 5.48. The maximum Gasteiger partial charge on any atom is 0.158 e. The van der Waals surface area contributed by atoms with Gasteiger partial charge in [-0.1, -0.05) is 29.4 Å². The molecule has 1 aromatic heterocycles. The van der Waals surface area contributed by atoms with Crippen LogP contribution in [0.5, 0.6) is 0 Å². The van der Waals surface area contributed by atoms with E-state index in [2.05, 4.69) is 27.4 Å². The molecule has 1 atom stereocenters. The van der Waals surface area contributed by atoms with Crippen LogP contribution in [0.4, 0.5) is 0 Å². The minimum atomic E-state index is 0.0277. The van der Waals surface area contributed by atoms with E-state index in [1.54, 1.807) is 11.0 Å². The lowest BCUT2D eigenvalue weighted by Crippen LogP contribution is -2.04. The van der Waals surface area contributed by atoms with Gasteiger partial charge in [-0.25, -0.2) is 4.98 Å². The third-order valence-corrected chi connectivity index (χ3v) is 3.21. The third-order valence-electron chi connectivity index (χ3n) is 3.21. The summed E-state index contributed by atoms with van der Waals surface area (Å²) < 4.78 is 1.72. The van der Waals surface area contributed by atoms with Crippen molar-refractivity contribution in [2.75, 3.05) is 0 Å². The van der Waals surface area contributed by atoms with Crippen LogP contribution >= 0.6 is 0 Å². The fourth-order valence-corrected chi connectivity index (χ4v) is 2.31. The molecule has 1 aromatic carbocycles. The summed E-state index contributed by atoms with van der Waals surface area (Å²) >= 11 is 0. The van der Waals surface area contributed by atoms with Crippen LogP contribution in [0, 0.1) is 0 Å². The van der Waals surface area contributed by atoms with Gasteiger partial charge in [0.2, 0.25) is 0 Å². The number of aromatic nitrogens is 3. The summed E-state index contributed by atoms with van der Waals surface area (Å²) in [4.78, 5) is 9.75. The molecule has 0 saturated heterocycles. The van der Waals surface area contributed by atoms with Gasteiger partial charge in [-0.3, -0.25) is 4.68 Å². The number of hydrogen-bond acceptors (Lipinski definition) is 4. The quantitative estimate of drug-likeness (QED) is 0.846. The molecule has 98 valence electrons. The molecule has 2 aromatic rings. The Morgan fingerprint density at radius 3 is 2.89 bits per heavy atom. The Morgan fingerprint density at radius 1 is 1.37 bits per heavy atom. The first kappa shape index (κ1) is 11.9. The molecule has 0 bridgehead atoms. The van der Waals surface area contributed by atoms with Crippen LogP contribution in [0.25, 0.3) is 0 Å². The van der Waals surface area contributed by atoms with Gasteiger partial charge in [0, 0.05) is 19.9 Å². The predicted molar refractivity (Wildman–Crippen MR) is 71.8 cm³/mol. The van der Waals surface area contributed by atoms with Crippen molar-refractivity contribution in [2.45, 2.75) is 25.9 Å². The Hall–Kier alpha value is -2.17. The summed E-state index contributed by atoms with van der Waals surface area (Å²) in [5.41, 5.74) is 3.41. The number of rotatable bonds is 3. The highest BCUT2D eigenvalue weighted by Crippen LogP contribution is 2.30. The first-order chi connectivity index (χ1) is 9.22. The maximum absolute atomic E-state index is 5.48. The molecule has 0 amide bonds. The lowest BCUT2D eigenvalue weighted by atomic mass is 9.97. The van der Waals surface area contributed by atoms with Gasteiger partial charge in [-0.05, 0) is 18.1 Å². The van der Waals surface area contributed by atoms with Crippen molar-refractivity contribution in [3.8, 4) is 0 Å². The van der Waals surface area contributed by atoms with Crippen molar-refractivity contribution in [2.24, 2.45) is 12.2 Å². The van der Waals surface area contributed by atoms with E-state index in [4.69, 9.17) is 4.84 Å².